The van der Waals surface area contributed by atoms with Crippen LogP contribution in [0.15, 0.2) is 29.1 Å². The standard InChI is InChI=1S/C21H24N4OS/c1-12(2)8-7-11-22-18-15-9-5-6-10-16(15)19-23-20-17(13(3)14(4)27-20)21(26)25(19)24-18/h5-6,9-10,12H,7-8,11H2,1-4H3,(H,22,24). The smallest absolute Gasteiger partial charge is 0.283 e. The van der Waals surface area contributed by atoms with Gasteiger partial charge in [-0.2, -0.15) is 4.52 Å². The topological polar surface area (TPSA) is 59.3 Å². The molecule has 0 atom stereocenters. The van der Waals surface area contributed by atoms with Crippen molar-refractivity contribution in [1.29, 1.82) is 0 Å². The normalized spacial score (nSPS) is 11.9. The summed E-state index contributed by atoms with van der Waals surface area (Å²) < 4.78 is 1.47. The van der Waals surface area contributed by atoms with Crippen molar-refractivity contribution in [3.8, 4) is 0 Å². The number of hydrogen-bond acceptors (Lipinski definition) is 5. The average Bonchev–Trinajstić information content (AvgIpc) is 2.93. The van der Waals surface area contributed by atoms with Crippen LogP contribution in [0.4, 0.5) is 5.82 Å². The van der Waals surface area contributed by atoms with Crippen LogP contribution in [0.1, 0.15) is 37.1 Å². The first-order valence-corrected chi connectivity index (χ1v) is 10.2. The molecular formula is C21H24N4OS. The lowest BCUT2D eigenvalue weighted by atomic mass is 10.1. The van der Waals surface area contributed by atoms with Gasteiger partial charge in [0.25, 0.3) is 5.56 Å². The number of fused-ring (bicyclic) bond motifs is 4. The highest BCUT2D eigenvalue weighted by atomic mass is 32.1. The third kappa shape index (κ3) is 3.08. The predicted octanol–water partition coefficient (Wildman–Crippen LogP) is 4.92. The molecule has 0 aliphatic rings. The summed E-state index contributed by atoms with van der Waals surface area (Å²) in [7, 11) is 0. The molecule has 0 bridgehead atoms. The van der Waals surface area contributed by atoms with Gasteiger partial charge >= 0.3 is 0 Å². The van der Waals surface area contributed by atoms with Crippen LogP contribution in [0.5, 0.6) is 0 Å². The van der Waals surface area contributed by atoms with Gasteiger partial charge in [-0.05, 0) is 38.2 Å². The molecule has 0 aliphatic heterocycles. The van der Waals surface area contributed by atoms with Crippen LogP contribution in [0.2, 0.25) is 0 Å². The average molecular weight is 381 g/mol. The van der Waals surface area contributed by atoms with Crippen LogP contribution in [-0.4, -0.2) is 21.1 Å². The lowest BCUT2D eigenvalue weighted by molar-refractivity contribution is 0.566. The molecular weight excluding hydrogens is 356 g/mol. The lowest BCUT2D eigenvalue weighted by Crippen LogP contribution is -2.20. The van der Waals surface area contributed by atoms with Crippen molar-refractivity contribution in [2.45, 2.75) is 40.5 Å². The maximum absolute atomic E-state index is 13.2. The van der Waals surface area contributed by atoms with E-state index in [0.717, 1.165) is 51.2 Å². The van der Waals surface area contributed by atoms with E-state index in [2.05, 4.69) is 24.3 Å². The van der Waals surface area contributed by atoms with Gasteiger partial charge < -0.3 is 5.32 Å². The summed E-state index contributed by atoms with van der Waals surface area (Å²) in [5.41, 5.74) is 1.54. The van der Waals surface area contributed by atoms with Crippen LogP contribution < -0.4 is 10.9 Å². The van der Waals surface area contributed by atoms with E-state index in [4.69, 9.17) is 4.98 Å². The second-order valence-electron chi connectivity index (χ2n) is 7.47. The fraction of sp³-hybridized carbons (Fsp3) is 0.381. The van der Waals surface area contributed by atoms with Gasteiger partial charge in [0.15, 0.2) is 11.5 Å². The van der Waals surface area contributed by atoms with E-state index in [-0.39, 0.29) is 5.56 Å². The number of hydrogen-bond donors (Lipinski definition) is 1. The van der Waals surface area contributed by atoms with Crippen molar-refractivity contribution in [2.75, 3.05) is 11.9 Å². The fourth-order valence-electron chi connectivity index (χ4n) is 3.44. The second-order valence-corrected chi connectivity index (χ2v) is 8.68. The summed E-state index contributed by atoms with van der Waals surface area (Å²) >= 11 is 1.57. The maximum Gasteiger partial charge on any atom is 0.283 e. The van der Waals surface area contributed by atoms with Gasteiger partial charge in [0.1, 0.15) is 4.83 Å². The molecule has 0 unspecified atom stereocenters. The molecule has 3 heterocycles. The molecule has 4 rings (SSSR count). The van der Waals surface area contributed by atoms with Crippen LogP contribution in [0, 0.1) is 19.8 Å². The van der Waals surface area contributed by atoms with Gasteiger partial charge in [0, 0.05) is 22.2 Å². The maximum atomic E-state index is 13.2. The molecule has 27 heavy (non-hydrogen) atoms. The van der Waals surface area contributed by atoms with E-state index < -0.39 is 0 Å². The largest absolute Gasteiger partial charge is 0.368 e. The van der Waals surface area contributed by atoms with E-state index in [1.54, 1.807) is 11.3 Å². The first-order valence-electron chi connectivity index (χ1n) is 9.42. The molecule has 0 fully saturated rings. The van der Waals surface area contributed by atoms with Gasteiger partial charge in [0.05, 0.1) is 5.39 Å². The Hall–Kier alpha value is -2.47. The summed E-state index contributed by atoms with van der Waals surface area (Å²) in [4.78, 5) is 19.9. The van der Waals surface area contributed by atoms with E-state index in [0.29, 0.717) is 17.0 Å². The Labute approximate surface area is 162 Å². The number of nitrogens with one attached hydrogen (secondary N) is 1. The molecule has 0 spiro atoms. The molecule has 4 aromatic rings. The molecule has 1 N–H and O–H groups in total. The Balaban J connectivity index is 1.93. The van der Waals surface area contributed by atoms with Crippen molar-refractivity contribution < 1.29 is 0 Å². The first kappa shape index (κ1) is 17.9. The van der Waals surface area contributed by atoms with E-state index in [9.17, 15) is 4.79 Å². The van der Waals surface area contributed by atoms with Gasteiger partial charge in [0.2, 0.25) is 0 Å². The van der Waals surface area contributed by atoms with Gasteiger partial charge in [-0.15, -0.1) is 16.4 Å². The van der Waals surface area contributed by atoms with Crippen LogP contribution in [0.25, 0.3) is 26.6 Å². The highest BCUT2D eigenvalue weighted by Gasteiger charge is 2.17. The zero-order valence-corrected chi connectivity index (χ0v) is 17.0. The quantitative estimate of drug-likeness (QED) is 0.394. The Morgan fingerprint density at radius 3 is 2.67 bits per heavy atom. The molecule has 5 nitrogen and oxygen atoms in total. The van der Waals surface area contributed by atoms with Crippen molar-refractivity contribution >= 4 is 43.8 Å². The monoisotopic (exact) mass is 380 g/mol. The second kappa shape index (κ2) is 6.93. The zero-order chi connectivity index (χ0) is 19.1. The number of benzene rings is 1. The molecule has 0 aliphatic carbocycles. The summed E-state index contributed by atoms with van der Waals surface area (Å²) in [6.07, 6.45) is 2.23. The third-order valence-electron chi connectivity index (χ3n) is 5.05. The fourth-order valence-corrected chi connectivity index (χ4v) is 4.46. The lowest BCUT2D eigenvalue weighted by Gasteiger charge is -2.12. The van der Waals surface area contributed by atoms with E-state index in [1.807, 2.05) is 38.1 Å². The van der Waals surface area contributed by atoms with Crippen molar-refractivity contribution in [1.82, 2.24) is 14.6 Å². The number of aryl methyl sites for hydroxylation is 2. The summed E-state index contributed by atoms with van der Waals surface area (Å²) in [6.45, 7) is 9.30. The van der Waals surface area contributed by atoms with E-state index in [1.165, 1.54) is 4.52 Å². The minimum atomic E-state index is -0.0900. The van der Waals surface area contributed by atoms with Crippen LogP contribution in [-0.2, 0) is 0 Å². The summed E-state index contributed by atoms with van der Waals surface area (Å²) in [5, 5.41) is 10.7. The van der Waals surface area contributed by atoms with Crippen molar-refractivity contribution in [2.24, 2.45) is 5.92 Å². The molecule has 0 radical (unpaired) electrons. The first-order chi connectivity index (χ1) is 13.0. The molecule has 1 aromatic carbocycles. The molecule has 0 amide bonds. The minimum absolute atomic E-state index is 0.0900. The van der Waals surface area contributed by atoms with Gasteiger partial charge in [-0.25, -0.2) is 4.98 Å². The summed E-state index contributed by atoms with van der Waals surface area (Å²) in [5.74, 6) is 1.42. The molecule has 140 valence electrons. The Kier molecular flexibility index (Phi) is 4.60. The molecule has 3 aromatic heterocycles. The minimum Gasteiger partial charge on any atom is -0.368 e. The highest BCUT2D eigenvalue weighted by molar-refractivity contribution is 7.18. The third-order valence-corrected chi connectivity index (χ3v) is 6.16. The SMILES string of the molecule is Cc1sc2nc3c4ccccc4c(NCCCC(C)C)nn3c(=O)c2c1C. The number of thiophene rings is 1. The van der Waals surface area contributed by atoms with Crippen molar-refractivity contribution in [3.05, 3.63) is 45.1 Å². The predicted molar refractivity (Wildman–Crippen MR) is 114 cm³/mol. The van der Waals surface area contributed by atoms with Crippen molar-refractivity contribution in [3.63, 3.8) is 0 Å². The number of nitrogens with zero attached hydrogens (tertiary/aromatic N) is 3. The van der Waals surface area contributed by atoms with Gasteiger partial charge in [-0.3, -0.25) is 4.79 Å². The Morgan fingerprint density at radius 1 is 1.19 bits per heavy atom. The molecule has 0 saturated carbocycles. The summed E-state index contributed by atoms with van der Waals surface area (Å²) in [6, 6.07) is 8.02. The number of rotatable bonds is 5. The highest BCUT2D eigenvalue weighted by Crippen LogP contribution is 2.29. The zero-order valence-electron chi connectivity index (χ0n) is 16.2. The van der Waals surface area contributed by atoms with E-state index >= 15 is 0 Å². The van der Waals surface area contributed by atoms with Gasteiger partial charge in [-0.1, -0.05) is 38.1 Å². The molecule has 0 saturated heterocycles. The Morgan fingerprint density at radius 2 is 1.93 bits per heavy atom. The Bertz CT molecular complexity index is 1210. The number of anilines is 1. The van der Waals surface area contributed by atoms with Crippen LogP contribution in [0.3, 0.4) is 0 Å². The molecule has 6 heteroatoms. The number of aromatic nitrogens is 3. The van der Waals surface area contributed by atoms with Crippen LogP contribution >= 0.6 is 11.3 Å².